The Hall–Kier alpha value is -1.38. The molecule has 0 saturated heterocycles. The van der Waals surface area contributed by atoms with Crippen LogP contribution in [-0.4, -0.2) is 34.8 Å². The zero-order valence-corrected chi connectivity index (χ0v) is 16.3. The fourth-order valence-corrected chi connectivity index (χ4v) is 3.43. The Bertz CT molecular complexity index is 680. The highest BCUT2D eigenvalue weighted by atomic mass is 79.9. The molecule has 0 aliphatic rings. The van der Waals surface area contributed by atoms with Gasteiger partial charge in [0.1, 0.15) is 6.04 Å². The first kappa shape index (κ1) is 19.0. The Kier molecular flexibility index (Phi) is 7.74. The first-order chi connectivity index (χ1) is 11.6. The molecule has 0 aliphatic heterocycles. The number of halogens is 1. The molecule has 2 aromatic rings. The van der Waals surface area contributed by atoms with E-state index in [0.29, 0.717) is 18.5 Å². The monoisotopic (exact) mass is 427 g/mol. The van der Waals surface area contributed by atoms with Crippen LogP contribution in [0.15, 0.2) is 39.6 Å². The predicted octanol–water partition coefficient (Wildman–Crippen LogP) is 3.07. The average Bonchev–Trinajstić information content (AvgIpc) is 3.09. The number of nitrogens with one attached hydrogen (secondary N) is 2. The third kappa shape index (κ3) is 5.92. The summed E-state index contributed by atoms with van der Waals surface area (Å²) < 4.78 is 0.823. The number of nitrogens with zero attached hydrogens (tertiary/aromatic N) is 1. The number of amides is 2. The van der Waals surface area contributed by atoms with Gasteiger partial charge in [-0.15, -0.1) is 11.3 Å². The van der Waals surface area contributed by atoms with Gasteiger partial charge >= 0.3 is 0 Å². The lowest BCUT2D eigenvalue weighted by Gasteiger charge is -2.18. The molecule has 0 saturated carbocycles. The number of carbonyl (C=O) groups is 2. The fourth-order valence-electron chi connectivity index (χ4n) is 2.00. The maximum Gasteiger partial charge on any atom is 0.251 e. The maximum absolute atomic E-state index is 12.4. The highest BCUT2D eigenvalue weighted by molar-refractivity contribution is 9.10. The van der Waals surface area contributed by atoms with Gasteiger partial charge in [0.25, 0.3) is 5.91 Å². The van der Waals surface area contributed by atoms with Crippen molar-refractivity contribution >= 4 is 50.8 Å². The van der Waals surface area contributed by atoms with Crippen LogP contribution in [-0.2, 0) is 11.3 Å². The van der Waals surface area contributed by atoms with Gasteiger partial charge in [-0.2, -0.15) is 11.8 Å². The van der Waals surface area contributed by atoms with E-state index in [4.69, 9.17) is 0 Å². The second-order valence-electron chi connectivity index (χ2n) is 5.02. The second-order valence-corrected chi connectivity index (χ2v) is 7.64. The van der Waals surface area contributed by atoms with Gasteiger partial charge in [0, 0.05) is 15.4 Å². The highest BCUT2D eigenvalue weighted by Crippen LogP contribution is 2.12. The molecular weight excluding hydrogens is 410 g/mol. The number of carbonyl (C=O) groups excluding carboxylic acids is 2. The Labute approximate surface area is 157 Å². The van der Waals surface area contributed by atoms with E-state index in [9.17, 15) is 9.59 Å². The van der Waals surface area contributed by atoms with E-state index in [0.717, 1.165) is 15.9 Å². The zero-order chi connectivity index (χ0) is 17.4. The Balaban J connectivity index is 1.98. The van der Waals surface area contributed by atoms with E-state index < -0.39 is 6.04 Å². The van der Waals surface area contributed by atoms with Crippen LogP contribution in [0.4, 0.5) is 0 Å². The van der Waals surface area contributed by atoms with Crippen molar-refractivity contribution in [3.63, 3.8) is 0 Å². The summed E-state index contributed by atoms with van der Waals surface area (Å²) in [6.07, 6.45) is 2.55. The molecule has 2 amide bonds. The quantitative estimate of drug-likeness (QED) is 0.678. The molecule has 2 rings (SSSR count). The lowest BCUT2D eigenvalue weighted by Crippen LogP contribution is -2.46. The van der Waals surface area contributed by atoms with Crippen molar-refractivity contribution < 1.29 is 9.59 Å². The van der Waals surface area contributed by atoms with E-state index in [-0.39, 0.29) is 11.8 Å². The normalized spacial score (nSPS) is 11.8. The molecule has 1 aromatic heterocycles. The molecular formula is C16H18BrN3O2S2. The number of hydrogen-bond acceptors (Lipinski definition) is 5. The fraction of sp³-hybridized carbons (Fsp3) is 0.312. The highest BCUT2D eigenvalue weighted by Gasteiger charge is 2.21. The molecule has 1 heterocycles. The van der Waals surface area contributed by atoms with Crippen molar-refractivity contribution in [1.29, 1.82) is 0 Å². The van der Waals surface area contributed by atoms with Crippen LogP contribution in [0.2, 0.25) is 0 Å². The molecule has 1 aromatic carbocycles. The molecule has 0 unspecified atom stereocenters. The second kappa shape index (κ2) is 9.80. The van der Waals surface area contributed by atoms with Gasteiger partial charge in [-0.25, -0.2) is 4.98 Å². The summed E-state index contributed by atoms with van der Waals surface area (Å²) >= 11 is 6.47. The third-order valence-corrected chi connectivity index (χ3v) is 5.02. The summed E-state index contributed by atoms with van der Waals surface area (Å²) in [5.74, 6) is 0.333. The maximum atomic E-state index is 12.4. The molecule has 2 N–H and O–H groups in total. The van der Waals surface area contributed by atoms with E-state index in [2.05, 4.69) is 31.5 Å². The molecule has 24 heavy (non-hydrogen) atoms. The number of benzene rings is 1. The molecule has 0 aliphatic carbocycles. The van der Waals surface area contributed by atoms with Crippen LogP contribution in [0.5, 0.6) is 0 Å². The van der Waals surface area contributed by atoms with Crippen molar-refractivity contribution in [3.8, 4) is 0 Å². The lowest BCUT2D eigenvalue weighted by atomic mass is 10.1. The third-order valence-electron chi connectivity index (χ3n) is 3.25. The molecule has 0 radical (unpaired) electrons. The van der Waals surface area contributed by atoms with Crippen LogP contribution >= 0.6 is 39.0 Å². The van der Waals surface area contributed by atoms with Crippen molar-refractivity contribution in [1.82, 2.24) is 15.6 Å². The largest absolute Gasteiger partial charge is 0.349 e. The van der Waals surface area contributed by atoms with Crippen LogP contribution in [0.1, 0.15) is 22.5 Å². The standard InChI is InChI=1S/C16H18BrN3O2S2/c1-23-6-5-14(16(22)18-8-13-9-24-10-19-13)20-15(21)11-3-2-4-12(17)7-11/h2-4,7,9-10,14H,5-6,8H2,1H3,(H,18,22)(H,20,21)/t14-/m0/s1. The molecule has 0 fully saturated rings. The minimum atomic E-state index is -0.567. The number of hydrogen-bond donors (Lipinski definition) is 2. The summed E-state index contributed by atoms with van der Waals surface area (Å²) in [5.41, 5.74) is 3.06. The van der Waals surface area contributed by atoms with Gasteiger partial charge in [0.15, 0.2) is 0 Å². The van der Waals surface area contributed by atoms with Gasteiger partial charge < -0.3 is 10.6 Å². The van der Waals surface area contributed by atoms with E-state index in [1.807, 2.05) is 17.7 Å². The number of thiazole rings is 1. The minimum absolute atomic E-state index is 0.194. The SMILES string of the molecule is CSCC[C@H](NC(=O)c1cccc(Br)c1)C(=O)NCc1cscn1. The van der Waals surface area contributed by atoms with Crippen LogP contribution in [0.3, 0.4) is 0 Å². The number of thioether (sulfide) groups is 1. The lowest BCUT2D eigenvalue weighted by molar-refractivity contribution is -0.123. The van der Waals surface area contributed by atoms with Crippen molar-refractivity contribution in [2.24, 2.45) is 0 Å². The van der Waals surface area contributed by atoms with Crippen LogP contribution in [0, 0.1) is 0 Å². The topological polar surface area (TPSA) is 71.1 Å². The summed E-state index contributed by atoms with van der Waals surface area (Å²) in [7, 11) is 0. The summed E-state index contributed by atoms with van der Waals surface area (Å²) in [4.78, 5) is 28.9. The average molecular weight is 428 g/mol. The van der Waals surface area contributed by atoms with E-state index in [1.165, 1.54) is 11.3 Å². The molecule has 1 atom stereocenters. The molecule has 8 heteroatoms. The summed E-state index contributed by atoms with van der Waals surface area (Å²) in [5, 5.41) is 7.54. The van der Waals surface area contributed by atoms with E-state index >= 15 is 0 Å². The first-order valence-corrected chi connectivity index (χ1v) is 10.4. The number of aromatic nitrogens is 1. The predicted molar refractivity (Wildman–Crippen MR) is 102 cm³/mol. The summed E-state index contributed by atoms with van der Waals surface area (Å²) in [6.45, 7) is 0.366. The van der Waals surface area contributed by atoms with Gasteiger partial charge in [-0.1, -0.05) is 22.0 Å². The van der Waals surface area contributed by atoms with E-state index in [1.54, 1.807) is 35.5 Å². The van der Waals surface area contributed by atoms with Crippen LogP contribution < -0.4 is 10.6 Å². The van der Waals surface area contributed by atoms with Crippen molar-refractivity contribution in [2.45, 2.75) is 19.0 Å². The van der Waals surface area contributed by atoms with Gasteiger partial charge in [-0.05, 0) is 36.6 Å². The first-order valence-electron chi connectivity index (χ1n) is 7.30. The van der Waals surface area contributed by atoms with Crippen LogP contribution in [0.25, 0.3) is 0 Å². The van der Waals surface area contributed by atoms with Gasteiger partial charge in [0.2, 0.25) is 5.91 Å². The molecule has 0 bridgehead atoms. The minimum Gasteiger partial charge on any atom is -0.349 e. The summed E-state index contributed by atoms with van der Waals surface area (Å²) in [6, 6.07) is 6.52. The Morgan fingerprint density at radius 1 is 1.42 bits per heavy atom. The Morgan fingerprint density at radius 3 is 2.92 bits per heavy atom. The smallest absolute Gasteiger partial charge is 0.251 e. The van der Waals surface area contributed by atoms with Gasteiger partial charge in [0.05, 0.1) is 17.7 Å². The van der Waals surface area contributed by atoms with Crippen molar-refractivity contribution in [2.75, 3.05) is 12.0 Å². The molecule has 5 nitrogen and oxygen atoms in total. The Morgan fingerprint density at radius 2 is 2.25 bits per heavy atom. The van der Waals surface area contributed by atoms with Crippen molar-refractivity contribution in [3.05, 3.63) is 50.9 Å². The zero-order valence-electron chi connectivity index (χ0n) is 13.1. The number of rotatable bonds is 8. The van der Waals surface area contributed by atoms with Gasteiger partial charge in [-0.3, -0.25) is 9.59 Å². The molecule has 0 spiro atoms. The molecule has 128 valence electrons.